The van der Waals surface area contributed by atoms with Crippen LogP contribution in [0.1, 0.15) is 19.4 Å². The Morgan fingerprint density at radius 3 is 2.67 bits per heavy atom. The molecule has 3 heteroatoms. The zero-order valence-electron chi connectivity index (χ0n) is 9.62. The fourth-order valence-corrected chi connectivity index (χ4v) is 2.29. The molecule has 0 radical (unpaired) electrons. The van der Waals surface area contributed by atoms with E-state index in [1.54, 1.807) is 7.11 Å². The van der Waals surface area contributed by atoms with Crippen LogP contribution in [-0.4, -0.2) is 12.9 Å². The van der Waals surface area contributed by atoms with E-state index in [2.05, 4.69) is 13.8 Å². The first-order valence-corrected chi connectivity index (χ1v) is 6.28. The third kappa shape index (κ3) is 4.47. The number of rotatable bonds is 5. The van der Waals surface area contributed by atoms with Crippen LogP contribution in [0.2, 0.25) is 0 Å². The number of anilines is 1. The van der Waals surface area contributed by atoms with Crippen molar-refractivity contribution in [3.8, 4) is 5.75 Å². The third-order valence-corrected chi connectivity index (χ3v) is 3.38. The number of ether oxygens (including phenoxy) is 1. The van der Waals surface area contributed by atoms with Crippen LogP contribution in [0.3, 0.4) is 0 Å². The summed E-state index contributed by atoms with van der Waals surface area (Å²) in [4.78, 5) is 0. The zero-order chi connectivity index (χ0) is 11.3. The maximum Gasteiger partial charge on any atom is 0.121 e. The summed E-state index contributed by atoms with van der Waals surface area (Å²) in [7, 11) is 1.67. The maximum atomic E-state index is 5.78. The average Bonchev–Trinajstić information content (AvgIpc) is 2.16. The summed E-state index contributed by atoms with van der Waals surface area (Å²) < 4.78 is 5.17. The molecule has 0 spiro atoms. The lowest BCUT2D eigenvalue weighted by Gasteiger charge is -2.07. The fraction of sp³-hybridized carbons (Fsp3) is 0.500. The summed E-state index contributed by atoms with van der Waals surface area (Å²) in [5.74, 6) is 3.75. The van der Waals surface area contributed by atoms with E-state index in [-0.39, 0.29) is 0 Å². The van der Waals surface area contributed by atoms with E-state index in [1.165, 1.54) is 11.3 Å². The highest BCUT2D eigenvalue weighted by Gasteiger charge is 2.00. The van der Waals surface area contributed by atoms with Gasteiger partial charge < -0.3 is 10.5 Å². The Morgan fingerprint density at radius 2 is 2.07 bits per heavy atom. The monoisotopic (exact) mass is 225 g/mol. The molecule has 0 aliphatic rings. The van der Waals surface area contributed by atoms with Gasteiger partial charge in [0.1, 0.15) is 5.75 Å². The second-order valence-electron chi connectivity index (χ2n) is 4.02. The summed E-state index contributed by atoms with van der Waals surface area (Å²) in [6.45, 7) is 4.46. The molecule has 0 fully saturated rings. The molecule has 0 aliphatic carbocycles. The number of nitrogen functional groups attached to an aromatic ring is 1. The Hall–Kier alpha value is -0.830. The van der Waals surface area contributed by atoms with Crippen molar-refractivity contribution in [2.45, 2.75) is 19.6 Å². The summed E-state index contributed by atoms with van der Waals surface area (Å²) in [5.41, 5.74) is 7.78. The Morgan fingerprint density at radius 1 is 1.33 bits per heavy atom. The van der Waals surface area contributed by atoms with Gasteiger partial charge in [-0.05, 0) is 29.4 Å². The topological polar surface area (TPSA) is 35.2 Å². The second-order valence-corrected chi connectivity index (χ2v) is 5.05. The fourth-order valence-electron chi connectivity index (χ4n) is 1.30. The van der Waals surface area contributed by atoms with Crippen molar-refractivity contribution in [3.63, 3.8) is 0 Å². The van der Waals surface area contributed by atoms with Gasteiger partial charge in [0.25, 0.3) is 0 Å². The molecule has 0 aromatic heterocycles. The molecule has 0 aliphatic heterocycles. The van der Waals surface area contributed by atoms with E-state index in [0.29, 0.717) is 0 Å². The first-order chi connectivity index (χ1) is 7.11. The van der Waals surface area contributed by atoms with Gasteiger partial charge in [0.2, 0.25) is 0 Å². The lowest BCUT2D eigenvalue weighted by Crippen LogP contribution is -1.94. The predicted octanol–water partition coefficient (Wildman–Crippen LogP) is 3.17. The van der Waals surface area contributed by atoms with E-state index < -0.39 is 0 Å². The highest BCUT2D eigenvalue weighted by molar-refractivity contribution is 7.98. The van der Waals surface area contributed by atoms with Crippen molar-refractivity contribution in [1.29, 1.82) is 0 Å². The molecule has 84 valence electrons. The molecular weight excluding hydrogens is 206 g/mol. The van der Waals surface area contributed by atoms with Gasteiger partial charge in [-0.3, -0.25) is 0 Å². The zero-order valence-corrected chi connectivity index (χ0v) is 10.4. The van der Waals surface area contributed by atoms with Gasteiger partial charge in [-0.2, -0.15) is 11.8 Å². The number of hydrogen-bond acceptors (Lipinski definition) is 3. The molecule has 1 aromatic rings. The molecule has 0 unspecified atom stereocenters. The van der Waals surface area contributed by atoms with Gasteiger partial charge >= 0.3 is 0 Å². The van der Waals surface area contributed by atoms with Crippen molar-refractivity contribution < 1.29 is 4.74 Å². The largest absolute Gasteiger partial charge is 0.497 e. The molecule has 0 heterocycles. The Kier molecular flexibility index (Phi) is 4.82. The van der Waals surface area contributed by atoms with Crippen LogP contribution in [0.4, 0.5) is 5.69 Å². The number of benzene rings is 1. The van der Waals surface area contributed by atoms with Crippen molar-refractivity contribution >= 4 is 17.4 Å². The smallest absolute Gasteiger partial charge is 0.121 e. The summed E-state index contributed by atoms with van der Waals surface area (Å²) in [6.07, 6.45) is 0. The van der Waals surface area contributed by atoms with Gasteiger partial charge in [0, 0.05) is 17.5 Å². The van der Waals surface area contributed by atoms with Crippen molar-refractivity contribution in [2.24, 2.45) is 5.92 Å². The molecule has 15 heavy (non-hydrogen) atoms. The Balaban J connectivity index is 2.56. The lowest BCUT2D eigenvalue weighted by molar-refractivity contribution is 0.414. The second kappa shape index (κ2) is 5.91. The first kappa shape index (κ1) is 12.2. The maximum absolute atomic E-state index is 5.78. The van der Waals surface area contributed by atoms with Gasteiger partial charge in [-0.1, -0.05) is 13.8 Å². The van der Waals surface area contributed by atoms with Crippen molar-refractivity contribution in [2.75, 3.05) is 18.6 Å². The number of methoxy groups -OCH3 is 1. The quantitative estimate of drug-likeness (QED) is 0.782. The SMILES string of the molecule is COc1cc(N)cc(CSCC(C)C)c1. The highest BCUT2D eigenvalue weighted by atomic mass is 32.2. The summed E-state index contributed by atoms with van der Waals surface area (Å²) in [5, 5.41) is 0. The van der Waals surface area contributed by atoms with Gasteiger partial charge in [0.05, 0.1) is 7.11 Å². The van der Waals surface area contributed by atoms with E-state index in [0.717, 1.165) is 23.1 Å². The minimum atomic E-state index is 0.734. The van der Waals surface area contributed by atoms with E-state index in [4.69, 9.17) is 10.5 Å². The van der Waals surface area contributed by atoms with Gasteiger partial charge in [-0.25, -0.2) is 0 Å². The summed E-state index contributed by atoms with van der Waals surface area (Å²) >= 11 is 1.93. The molecule has 1 rings (SSSR count). The normalized spacial score (nSPS) is 10.7. The van der Waals surface area contributed by atoms with Crippen molar-refractivity contribution in [3.05, 3.63) is 23.8 Å². The van der Waals surface area contributed by atoms with E-state index in [1.807, 2.05) is 30.0 Å². The molecule has 1 aromatic carbocycles. The minimum Gasteiger partial charge on any atom is -0.497 e. The number of nitrogens with two attached hydrogens (primary N) is 1. The number of hydrogen-bond donors (Lipinski definition) is 1. The summed E-state index contributed by atoms with van der Waals surface area (Å²) in [6, 6.07) is 5.90. The van der Waals surface area contributed by atoms with Crippen LogP contribution in [0.15, 0.2) is 18.2 Å². The average molecular weight is 225 g/mol. The number of thioether (sulfide) groups is 1. The highest BCUT2D eigenvalue weighted by Crippen LogP contribution is 2.22. The van der Waals surface area contributed by atoms with E-state index in [9.17, 15) is 0 Å². The lowest BCUT2D eigenvalue weighted by atomic mass is 10.2. The molecule has 0 saturated carbocycles. The molecule has 0 amide bonds. The molecule has 0 atom stereocenters. The first-order valence-electron chi connectivity index (χ1n) is 5.13. The molecule has 2 N–H and O–H groups in total. The van der Waals surface area contributed by atoms with Crippen LogP contribution in [0.25, 0.3) is 0 Å². The molecule has 0 bridgehead atoms. The van der Waals surface area contributed by atoms with Crippen LogP contribution < -0.4 is 10.5 Å². The van der Waals surface area contributed by atoms with Gasteiger partial charge in [0.15, 0.2) is 0 Å². The van der Waals surface area contributed by atoms with Crippen LogP contribution in [0, 0.1) is 5.92 Å². The Labute approximate surface area is 96.2 Å². The van der Waals surface area contributed by atoms with Gasteiger partial charge in [-0.15, -0.1) is 0 Å². The molecule has 2 nitrogen and oxygen atoms in total. The minimum absolute atomic E-state index is 0.734. The Bertz CT molecular complexity index is 312. The predicted molar refractivity (Wildman–Crippen MR) is 68.4 cm³/mol. The van der Waals surface area contributed by atoms with E-state index >= 15 is 0 Å². The molecule has 0 saturated heterocycles. The molecular formula is C12H19NOS. The van der Waals surface area contributed by atoms with Crippen LogP contribution >= 0.6 is 11.8 Å². The van der Waals surface area contributed by atoms with Crippen LogP contribution in [0.5, 0.6) is 5.75 Å². The van der Waals surface area contributed by atoms with Crippen LogP contribution in [-0.2, 0) is 5.75 Å². The third-order valence-electron chi connectivity index (χ3n) is 1.94. The standard InChI is InChI=1S/C12H19NOS/c1-9(2)7-15-8-10-4-11(13)6-12(5-10)14-3/h4-6,9H,7-8,13H2,1-3H3. The van der Waals surface area contributed by atoms with Crippen molar-refractivity contribution in [1.82, 2.24) is 0 Å².